The molecule has 0 amide bonds. The van der Waals surface area contributed by atoms with Crippen molar-refractivity contribution in [3.05, 3.63) is 77.9 Å². The molecule has 1 aliphatic rings. The summed E-state index contributed by atoms with van der Waals surface area (Å²) in [4.78, 5) is 4.36. The highest BCUT2D eigenvalue weighted by Gasteiger charge is 2.05. The van der Waals surface area contributed by atoms with Gasteiger partial charge in [0.1, 0.15) is 0 Å². The molecule has 3 aromatic rings. The number of hydrogen-bond acceptors (Lipinski definition) is 3. The van der Waals surface area contributed by atoms with E-state index in [9.17, 15) is 0 Å². The van der Waals surface area contributed by atoms with E-state index in [0.717, 1.165) is 44.0 Å². The van der Waals surface area contributed by atoms with E-state index >= 15 is 0 Å². The first-order valence-electron chi connectivity index (χ1n) is 8.99. The minimum atomic E-state index is 0.856. The fourth-order valence-corrected chi connectivity index (χ4v) is 3.37. The van der Waals surface area contributed by atoms with Crippen LogP contribution >= 0.6 is 0 Å². The summed E-state index contributed by atoms with van der Waals surface area (Å²) in [5.74, 6) is 0.878. The van der Waals surface area contributed by atoms with Crippen LogP contribution < -0.4 is 10.6 Å². The van der Waals surface area contributed by atoms with Crippen molar-refractivity contribution in [1.82, 2.24) is 5.32 Å². The van der Waals surface area contributed by atoms with Crippen LogP contribution in [0.15, 0.2) is 71.7 Å². The molecular formula is C22H23N3. The predicted octanol–water partition coefficient (Wildman–Crippen LogP) is 4.39. The van der Waals surface area contributed by atoms with Crippen molar-refractivity contribution >= 4 is 22.4 Å². The zero-order chi connectivity index (χ0) is 16.9. The third kappa shape index (κ3) is 3.82. The molecule has 1 heterocycles. The third-order valence-corrected chi connectivity index (χ3v) is 4.68. The quantitative estimate of drug-likeness (QED) is 0.728. The van der Waals surface area contributed by atoms with E-state index in [1.807, 2.05) is 0 Å². The standard InChI is InChI=1S/C22H23N3/c1-2-10-21-18(6-1)8-4-9-19(21)7-3-5-17-11-13-20(14-12-17)25-22-23-15-16-24-22/h1-2,4,6,8-14H,3,5,7,15-16H2,(H2,23,24,25). The van der Waals surface area contributed by atoms with Crippen molar-refractivity contribution in [2.75, 3.05) is 18.4 Å². The van der Waals surface area contributed by atoms with Gasteiger partial charge < -0.3 is 10.6 Å². The molecule has 0 unspecified atom stereocenters. The summed E-state index contributed by atoms with van der Waals surface area (Å²) in [5.41, 5.74) is 3.92. The number of nitrogens with one attached hydrogen (secondary N) is 2. The molecule has 2 N–H and O–H groups in total. The molecule has 3 heteroatoms. The molecule has 0 saturated carbocycles. The largest absolute Gasteiger partial charge is 0.354 e. The number of anilines is 1. The fourth-order valence-electron chi connectivity index (χ4n) is 3.37. The fraction of sp³-hybridized carbons (Fsp3) is 0.227. The molecule has 3 nitrogen and oxygen atoms in total. The maximum absolute atomic E-state index is 4.36. The Labute approximate surface area is 148 Å². The average molecular weight is 329 g/mol. The summed E-state index contributed by atoms with van der Waals surface area (Å²) >= 11 is 0. The number of benzene rings is 3. The molecule has 0 aromatic heterocycles. The molecule has 3 aromatic carbocycles. The lowest BCUT2D eigenvalue weighted by Crippen LogP contribution is -2.26. The molecule has 25 heavy (non-hydrogen) atoms. The Morgan fingerprint density at radius 3 is 2.56 bits per heavy atom. The zero-order valence-electron chi connectivity index (χ0n) is 14.3. The van der Waals surface area contributed by atoms with Crippen molar-refractivity contribution in [1.29, 1.82) is 0 Å². The second kappa shape index (κ2) is 7.39. The van der Waals surface area contributed by atoms with Crippen molar-refractivity contribution < 1.29 is 0 Å². The van der Waals surface area contributed by atoms with Gasteiger partial charge in [0.05, 0.1) is 6.54 Å². The molecule has 1 aliphatic heterocycles. The van der Waals surface area contributed by atoms with Gasteiger partial charge in [-0.25, -0.2) is 0 Å². The van der Waals surface area contributed by atoms with Gasteiger partial charge in [0, 0.05) is 12.2 Å². The number of guanidine groups is 1. The highest BCUT2D eigenvalue weighted by molar-refractivity contribution is 5.94. The van der Waals surface area contributed by atoms with Gasteiger partial charge in [-0.05, 0) is 53.3 Å². The van der Waals surface area contributed by atoms with Gasteiger partial charge in [0.25, 0.3) is 0 Å². The van der Waals surface area contributed by atoms with E-state index in [1.165, 1.54) is 21.9 Å². The van der Waals surface area contributed by atoms with Crippen LogP contribution in [-0.4, -0.2) is 19.0 Å². The summed E-state index contributed by atoms with van der Waals surface area (Å²) in [5, 5.41) is 9.25. The Hall–Kier alpha value is -2.81. The molecule has 0 bridgehead atoms. The first kappa shape index (κ1) is 15.7. The number of hydrogen-bond donors (Lipinski definition) is 2. The second-order valence-electron chi connectivity index (χ2n) is 6.47. The van der Waals surface area contributed by atoms with Crippen molar-refractivity contribution in [3.8, 4) is 0 Å². The highest BCUT2D eigenvalue weighted by Crippen LogP contribution is 2.20. The SMILES string of the molecule is c1ccc2c(CCCc3ccc(NC4=NCCN4)cc3)cccc2c1. The van der Waals surface area contributed by atoms with Gasteiger partial charge in [-0.15, -0.1) is 0 Å². The van der Waals surface area contributed by atoms with Gasteiger partial charge >= 0.3 is 0 Å². The normalized spacial score (nSPS) is 13.5. The first-order chi connectivity index (χ1) is 12.4. The number of nitrogens with zero attached hydrogens (tertiary/aromatic N) is 1. The minimum Gasteiger partial charge on any atom is -0.354 e. The summed E-state index contributed by atoms with van der Waals surface area (Å²) in [6.07, 6.45) is 3.37. The van der Waals surface area contributed by atoms with Crippen molar-refractivity contribution in [2.24, 2.45) is 4.99 Å². The first-order valence-corrected chi connectivity index (χ1v) is 8.99. The van der Waals surface area contributed by atoms with Crippen LogP contribution in [0.4, 0.5) is 5.69 Å². The lowest BCUT2D eigenvalue weighted by atomic mass is 9.98. The topological polar surface area (TPSA) is 36.4 Å². The molecule has 0 spiro atoms. The Balaban J connectivity index is 1.35. The summed E-state index contributed by atoms with van der Waals surface area (Å²) < 4.78 is 0. The summed E-state index contributed by atoms with van der Waals surface area (Å²) in [6, 6.07) is 23.9. The third-order valence-electron chi connectivity index (χ3n) is 4.68. The molecule has 0 atom stereocenters. The van der Waals surface area contributed by atoms with E-state index in [4.69, 9.17) is 0 Å². The molecule has 0 aliphatic carbocycles. The van der Waals surface area contributed by atoms with Crippen LogP contribution in [0.5, 0.6) is 0 Å². The van der Waals surface area contributed by atoms with Gasteiger partial charge in [0.2, 0.25) is 0 Å². The smallest absolute Gasteiger partial charge is 0.195 e. The van der Waals surface area contributed by atoms with Gasteiger partial charge in [0.15, 0.2) is 5.96 Å². The Morgan fingerprint density at radius 1 is 0.880 bits per heavy atom. The van der Waals surface area contributed by atoms with Gasteiger partial charge in [-0.3, -0.25) is 4.99 Å². The maximum atomic E-state index is 4.36. The number of rotatable bonds is 5. The number of fused-ring (bicyclic) bond motifs is 1. The highest BCUT2D eigenvalue weighted by atomic mass is 15.2. The van der Waals surface area contributed by atoms with E-state index in [0.29, 0.717) is 0 Å². The Bertz CT molecular complexity index is 876. The van der Waals surface area contributed by atoms with Crippen LogP contribution in [0.3, 0.4) is 0 Å². The Morgan fingerprint density at radius 2 is 1.72 bits per heavy atom. The van der Waals surface area contributed by atoms with Crippen LogP contribution in [-0.2, 0) is 12.8 Å². The van der Waals surface area contributed by atoms with Crippen LogP contribution in [0, 0.1) is 0 Å². The number of aliphatic imine (C=N–C) groups is 1. The zero-order valence-corrected chi connectivity index (χ0v) is 14.3. The minimum absolute atomic E-state index is 0.856. The van der Waals surface area contributed by atoms with Crippen molar-refractivity contribution in [3.63, 3.8) is 0 Å². The molecule has 0 saturated heterocycles. The second-order valence-corrected chi connectivity index (χ2v) is 6.47. The lowest BCUT2D eigenvalue weighted by molar-refractivity contribution is 0.825. The van der Waals surface area contributed by atoms with Crippen molar-refractivity contribution in [2.45, 2.75) is 19.3 Å². The van der Waals surface area contributed by atoms with Crippen LogP contribution in [0.2, 0.25) is 0 Å². The van der Waals surface area contributed by atoms with E-state index < -0.39 is 0 Å². The van der Waals surface area contributed by atoms with Crippen LogP contribution in [0.25, 0.3) is 10.8 Å². The monoisotopic (exact) mass is 329 g/mol. The molecule has 0 radical (unpaired) electrons. The molecular weight excluding hydrogens is 306 g/mol. The predicted molar refractivity (Wildman–Crippen MR) is 106 cm³/mol. The molecule has 4 rings (SSSR count). The van der Waals surface area contributed by atoms with E-state index in [2.05, 4.69) is 82.4 Å². The summed E-state index contributed by atoms with van der Waals surface area (Å²) in [7, 11) is 0. The van der Waals surface area contributed by atoms with E-state index in [-0.39, 0.29) is 0 Å². The van der Waals surface area contributed by atoms with Gasteiger partial charge in [-0.1, -0.05) is 54.6 Å². The van der Waals surface area contributed by atoms with Crippen LogP contribution in [0.1, 0.15) is 17.5 Å². The average Bonchev–Trinajstić information content (AvgIpc) is 3.16. The molecule has 0 fully saturated rings. The number of aryl methyl sites for hydroxylation is 2. The lowest BCUT2D eigenvalue weighted by Gasteiger charge is -2.09. The van der Waals surface area contributed by atoms with Gasteiger partial charge in [-0.2, -0.15) is 0 Å². The summed E-state index contributed by atoms with van der Waals surface area (Å²) in [6.45, 7) is 1.78. The maximum Gasteiger partial charge on any atom is 0.195 e. The molecule has 126 valence electrons. The van der Waals surface area contributed by atoms with E-state index in [1.54, 1.807) is 0 Å². The Kier molecular flexibility index (Phi) is 4.64.